The van der Waals surface area contributed by atoms with E-state index in [1.165, 1.54) is 11.1 Å². The molecule has 1 spiro atoms. The number of hydrogen-bond donors (Lipinski definition) is 2. The quantitative estimate of drug-likeness (QED) is 0.772. The number of imide groups is 1. The highest BCUT2D eigenvalue weighted by Crippen LogP contribution is 2.39. The molecule has 2 aromatic rings. The molecule has 1 aliphatic heterocycles. The molecule has 0 unspecified atom stereocenters. The Labute approximate surface area is 175 Å². The molecule has 0 aromatic heterocycles. The summed E-state index contributed by atoms with van der Waals surface area (Å²) >= 11 is 0. The van der Waals surface area contributed by atoms with Crippen molar-refractivity contribution in [3.63, 3.8) is 0 Å². The third kappa shape index (κ3) is 3.07. The number of anilines is 1. The highest BCUT2D eigenvalue weighted by molar-refractivity contribution is 6.10. The van der Waals surface area contributed by atoms with Crippen LogP contribution in [0.25, 0.3) is 0 Å². The van der Waals surface area contributed by atoms with Gasteiger partial charge in [-0.3, -0.25) is 14.5 Å². The minimum atomic E-state index is -1.06. The van der Waals surface area contributed by atoms with E-state index in [1.54, 1.807) is 0 Å². The molecule has 4 amide bonds. The van der Waals surface area contributed by atoms with Crippen molar-refractivity contribution >= 4 is 23.5 Å². The molecule has 6 heteroatoms. The van der Waals surface area contributed by atoms with Crippen molar-refractivity contribution in [2.24, 2.45) is 0 Å². The Hall–Kier alpha value is -3.15. The summed E-state index contributed by atoms with van der Waals surface area (Å²) in [5.41, 5.74) is 4.20. The molecule has 30 heavy (non-hydrogen) atoms. The molecule has 1 fully saturated rings. The number of amides is 4. The smallest absolute Gasteiger partial charge is 0.325 e. The maximum Gasteiger partial charge on any atom is 0.325 e. The van der Waals surface area contributed by atoms with Crippen LogP contribution in [0.1, 0.15) is 47.9 Å². The van der Waals surface area contributed by atoms with E-state index in [4.69, 9.17) is 0 Å². The third-order valence-electron chi connectivity index (χ3n) is 6.58. The molecule has 0 radical (unpaired) electrons. The van der Waals surface area contributed by atoms with E-state index in [9.17, 15) is 14.4 Å². The average Bonchev–Trinajstić information content (AvgIpc) is 3.23. The summed E-state index contributed by atoms with van der Waals surface area (Å²) in [5.74, 6) is -0.693. The van der Waals surface area contributed by atoms with Gasteiger partial charge in [0.2, 0.25) is 5.91 Å². The Morgan fingerprint density at radius 1 is 0.967 bits per heavy atom. The topological polar surface area (TPSA) is 78.5 Å². The van der Waals surface area contributed by atoms with Crippen LogP contribution < -0.4 is 10.6 Å². The fraction of sp³-hybridized carbons (Fsp3) is 0.375. The van der Waals surface area contributed by atoms with E-state index in [1.807, 2.05) is 42.5 Å². The van der Waals surface area contributed by atoms with Crippen LogP contribution in [-0.4, -0.2) is 29.3 Å². The lowest BCUT2D eigenvalue weighted by molar-refractivity contribution is -0.134. The zero-order valence-electron chi connectivity index (χ0n) is 16.9. The van der Waals surface area contributed by atoms with Crippen LogP contribution in [0.5, 0.6) is 0 Å². The first-order valence-electron chi connectivity index (χ1n) is 10.7. The van der Waals surface area contributed by atoms with Crippen molar-refractivity contribution in [2.45, 2.75) is 50.5 Å². The Balaban J connectivity index is 1.35. The number of carbonyl (C=O) groups excluding carboxylic acids is 3. The normalized spacial score (nSPS) is 22.5. The second-order valence-corrected chi connectivity index (χ2v) is 8.48. The molecule has 1 heterocycles. The molecule has 2 N–H and O–H groups in total. The van der Waals surface area contributed by atoms with Gasteiger partial charge in [-0.2, -0.15) is 0 Å². The summed E-state index contributed by atoms with van der Waals surface area (Å²) in [6.07, 6.45) is 6.50. The highest BCUT2D eigenvalue weighted by Gasteiger charge is 2.53. The van der Waals surface area contributed by atoms with Crippen molar-refractivity contribution < 1.29 is 14.4 Å². The highest BCUT2D eigenvalue weighted by atomic mass is 16.2. The Morgan fingerprint density at radius 3 is 2.67 bits per heavy atom. The standard InChI is InChI=1S/C24H25N3O3/c28-21(25-19-12-11-16-8-5-9-18(16)14-19)15-27-22(29)24(26-23(27)30)13-4-3-7-17-6-1-2-10-20(17)24/h1-2,6,10-12,14H,3-5,7-9,13,15H2,(H,25,28)(H,26,30)/t24-/m0/s1. The number of nitrogens with one attached hydrogen (secondary N) is 2. The minimum Gasteiger partial charge on any atom is -0.325 e. The van der Waals surface area contributed by atoms with Gasteiger partial charge in [-0.25, -0.2) is 4.79 Å². The molecular weight excluding hydrogens is 378 g/mol. The summed E-state index contributed by atoms with van der Waals surface area (Å²) in [6, 6.07) is 13.2. The molecule has 5 rings (SSSR count). The Morgan fingerprint density at radius 2 is 1.77 bits per heavy atom. The first-order valence-corrected chi connectivity index (χ1v) is 10.7. The summed E-state index contributed by atoms with van der Waals surface area (Å²) < 4.78 is 0. The monoisotopic (exact) mass is 403 g/mol. The third-order valence-corrected chi connectivity index (χ3v) is 6.58. The molecule has 154 valence electrons. The fourth-order valence-corrected chi connectivity index (χ4v) is 5.11. The van der Waals surface area contributed by atoms with E-state index in [2.05, 4.69) is 10.6 Å². The second kappa shape index (κ2) is 7.27. The van der Waals surface area contributed by atoms with E-state index in [-0.39, 0.29) is 18.4 Å². The lowest BCUT2D eigenvalue weighted by atomic mass is 9.84. The number of hydrogen-bond acceptors (Lipinski definition) is 3. The van der Waals surface area contributed by atoms with Crippen molar-refractivity contribution in [3.05, 3.63) is 64.7 Å². The van der Waals surface area contributed by atoms with Crippen molar-refractivity contribution in [3.8, 4) is 0 Å². The van der Waals surface area contributed by atoms with Gasteiger partial charge in [-0.05, 0) is 79.3 Å². The van der Waals surface area contributed by atoms with Crippen molar-refractivity contribution in [1.29, 1.82) is 0 Å². The van der Waals surface area contributed by atoms with Crippen molar-refractivity contribution in [2.75, 3.05) is 11.9 Å². The zero-order valence-corrected chi connectivity index (χ0v) is 16.9. The first-order chi connectivity index (χ1) is 14.6. The second-order valence-electron chi connectivity index (χ2n) is 8.48. The minimum absolute atomic E-state index is 0.286. The fourth-order valence-electron chi connectivity index (χ4n) is 5.11. The lowest BCUT2D eigenvalue weighted by Gasteiger charge is -2.27. The number of aryl methyl sites for hydroxylation is 3. The van der Waals surface area contributed by atoms with Crippen LogP contribution in [0.3, 0.4) is 0 Å². The van der Waals surface area contributed by atoms with Gasteiger partial charge in [0.05, 0.1) is 0 Å². The molecule has 0 saturated carbocycles. The maximum absolute atomic E-state index is 13.4. The first kappa shape index (κ1) is 18.9. The van der Waals surface area contributed by atoms with Gasteiger partial charge >= 0.3 is 6.03 Å². The lowest BCUT2D eigenvalue weighted by Crippen LogP contribution is -2.44. The van der Waals surface area contributed by atoms with Gasteiger partial charge in [0, 0.05) is 5.69 Å². The van der Waals surface area contributed by atoms with Gasteiger partial charge in [0.25, 0.3) is 5.91 Å². The van der Waals surface area contributed by atoms with Gasteiger partial charge < -0.3 is 10.6 Å². The van der Waals surface area contributed by atoms with E-state index < -0.39 is 11.6 Å². The SMILES string of the molecule is O=C(CN1C(=O)N[C@]2(CCCCc3ccccc32)C1=O)Nc1ccc2c(c1)CCC2. The number of nitrogens with zero attached hydrogens (tertiary/aromatic N) is 1. The van der Waals surface area contributed by atoms with Crippen LogP contribution in [0.4, 0.5) is 10.5 Å². The largest absolute Gasteiger partial charge is 0.325 e. The van der Waals surface area contributed by atoms with Crippen molar-refractivity contribution in [1.82, 2.24) is 10.2 Å². The number of carbonyl (C=O) groups is 3. The molecule has 3 aliphatic rings. The molecule has 6 nitrogen and oxygen atoms in total. The number of benzene rings is 2. The predicted molar refractivity (Wildman–Crippen MR) is 113 cm³/mol. The van der Waals surface area contributed by atoms with Gasteiger partial charge in [0.15, 0.2) is 0 Å². The predicted octanol–water partition coefficient (Wildman–Crippen LogP) is 3.29. The van der Waals surface area contributed by atoms with Gasteiger partial charge in [-0.15, -0.1) is 0 Å². The van der Waals surface area contributed by atoms with Crippen LogP contribution >= 0.6 is 0 Å². The zero-order chi connectivity index (χ0) is 20.7. The van der Waals surface area contributed by atoms with Crippen LogP contribution in [0, 0.1) is 0 Å². The summed E-state index contributed by atoms with van der Waals surface area (Å²) in [5, 5.41) is 5.78. The van der Waals surface area contributed by atoms with Gasteiger partial charge in [-0.1, -0.05) is 30.3 Å². The Kier molecular flexibility index (Phi) is 4.57. The van der Waals surface area contributed by atoms with E-state index >= 15 is 0 Å². The summed E-state index contributed by atoms with van der Waals surface area (Å²) in [6.45, 7) is -0.286. The van der Waals surface area contributed by atoms with Crippen LogP contribution in [0.15, 0.2) is 42.5 Å². The summed E-state index contributed by atoms with van der Waals surface area (Å²) in [7, 11) is 0. The summed E-state index contributed by atoms with van der Waals surface area (Å²) in [4.78, 5) is 39.9. The molecule has 1 atom stereocenters. The molecule has 2 aliphatic carbocycles. The molecule has 0 bridgehead atoms. The van der Waals surface area contributed by atoms with Gasteiger partial charge in [0.1, 0.15) is 12.1 Å². The number of fused-ring (bicyclic) bond motifs is 3. The Bertz CT molecular complexity index is 1050. The van der Waals surface area contributed by atoms with Crippen LogP contribution in [-0.2, 0) is 34.4 Å². The van der Waals surface area contributed by atoms with E-state index in [0.717, 1.165) is 54.6 Å². The maximum atomic E-state index is 13.4. The van der Waals surface area contributed by atoms with Crippen LogP contribution in [0.2, 0.25) is 0 Å². The number of urea groups is 1. The average molecular weight is 403 g/mol. The number of rotatable bonds is 3. The molecule has 1 saturated heterocycles. The van der Waals surface area contributed by atoms with E-state index in [0.29, 0.717) is 12.1 Å². The molecule has 2 aromatic carbocycles. The molecular formula is C24H25N3O3.